The van der Waals surface area contributed by atoms with Crippen molar-refractivity contribution in [3.63, 3.8) is 0 Å². The highest BCUT2D eigenvalue weighted by Gasteiger charge is 2.17. The molecule has 0 amide bonds. The summed E-state index contributed by atoms with van der Waals surface area (Å²) in [4.78, 5) is 4.50. The average molecular weight is 247 g/mol. The van der Waals surface area contributed by atoms with Crippen molar-refractivity contribution >= 4 is 5.65 Å². The lowest BCUT2D eigenvalue weighted by atomic mass is 10.1. The van der Waals surface area contributed by atoms with Crippen LogP contribution in [0.4, 0.5) is 0 Å². The Hall–Kier alpha value is -1.62. The molecule has 2 aromatic rings. The predicted octanol–water partition coefficient (Wildman–Crippen LogP) is 1.85. The van der Waals surface area contributed by atoms with Crippen LogP contribution >= 0.6 is 0 Å². The lowest BCUT2D eigenvalue weighted by Gasteiger charge is -2.20. The number of aromatic nitrogens is 3. The monoisotopic (exact) mass is 247 g/mol. The molecule has 1 fully saturated rings. The lowest BCUT2D eigenvalue weighted by molar-refractivity contribution is 0.0157. The molecule has 0 N–H and O–H groups in total. The van der Waals surface area contributed by atoms with Crippen LogP contribution in [-0.2, 0) is 11.2 Å². The van der Waals surface area contributed by atoms with Gasteiger partial charge in [0, 0.05) is 13.0 Å². The maximum absolute atomic E-state index is 5.71. The molecular weight excluding hydrogens is 230 g/mol. The Morgan fingerprint density at radius 3 is 3.17 bits per heavy atom. The molecule has 2 aromatic heterocycles. The molecule has 1 aliphatic heterocycles. The number of rotatable bonds is 3. The van der Waals surface area contributed by atoms with E-state index in [1.807, 2.05) is 18.3 Å². The van der Waals surface area contributed by atoms with E-state index in [9.17, 15) is 0 Å². The molecule has 0 saturated carbocycles. The summed E-state index contributed by atoms with van der Waals surface area (Å²) in [5.74, 6) is 1.63. The van der Waals surface area contributed by atoms with E-state index in [1.54, 1.807) is 11.6 Å². The molecule has 0 aliphatic carbocycles. The lowest BCUT2D eigenvalue weighted by Crippen LogP contribution is -2.21. The van der Waals surface area contributed by atoms with Gasteiger partial charge in [0.1, 0.15) is 5.75 Å². The highest BCUT2D eigenvalue weighted by molar-refractivity contribution is 5.40. The van der Waals surface area contributed by atoms with E-state index in [4.69, 9.17) is 9.47 Å². The molecule has 1 atom stereocenters. The van der Waals surface area contributed by atoms with Gasteiger partial charge in [-0.2, -0.15) is 5.10 Å². The van der Waals surface area contributed by atoms with Gasteiger partial charge in [-0.1, -0.05) is 0 Å². The fraction of sp³-hybridized carbons (Fsp3) is 0.538. The van der Waals surface area contributed by atoms with Gasteiger partial charge in [-0.25, -0.2) is 9.50 Å². The number of hydrogen-bond acceptors (Lipinski definition) is 4. The third kappa shape index (κ3) is 2.31. The Kier molecular flexibility index (Phi) is 3.15. The number of nitrogens with zero attached hydrogens (tertiary/aromatic N) is 3. The van der Waals surface area contributed by atoms with Crippen molar-refractivity contribution in [2.75, 3.05) is 13.7 Å². The third-order valence-corrected chi connectivity index (χ3v) is 3.27. The van der Waals surface area contributed by atoms with Crippen LogP contribution < -0.4 is 4.74 Å². The number of hydrogen-bond donors (Lipinski definition) is 0. The van der Waals surface area contributed by atoms with Crippen LogP contribution in [0, 0.1) is 0 Å². The Morgan fingerprint density at radius 2 is 2.39 bits per heavy atom. The van der Waals surface area contributed by atoms with Gasteiger partial charge >= 0.3 is 0 Å². The van der Waals surface area contributed by atoms with Crippen molar-refractivity contribution in [1.29, 1.82) is 0 Å². The summed E-state index contributed by atoms with van der Waals surface area (Å²) in [5.41, 5.74) is 0.849. The van der Waals surface area contributed by atoms with Gasteiger partial charge in [0.05, 0.1) is 19.4 Å². The molecule has 1 saturated heterocycles. The van der Waals surface area contributed by atoms with Crippen molar-refractivity contribution < 1.29 is 9.47 Å². The summed E-state index contributed by atoms with van der Waals surface area (Å²) in [5, 5.41) is 4.46. The Balaban J connectivity index is 1.79. The quantitative estimate of drug-likeness (QED) is 0.830. The van der Waals surface area contributed by atoms with Gasteiger partial charge < -0.3 is 9.47 Å². The first kappa shape index (κ1) is 11.5. The number of fused-ring (bicyclic) bond motifs is 1. The zero-order chi connectivity index (χ0) is 12.4. The minimum Gasteiger partial charge on any atom is -0.495 e. The highest BCUT2D eigenvalue weighted by atomic mass is 16.5. The second-order valence-electron chi connectivity index (χ2n) is 4.59. The van der Waals surface area contributed by atoms with Crippen molar-refractivity contribution in [3.05, 3.63) is 24.2 Å². The smallest absolute Gasteiger partial charge is 0.155 e. The van der Waals surface area contributed by atoms with Crippen molar-refractivity contribution in [2.24, 2.45) is 0 Å². The second kappa shape index (κ2) is 4.94. The van der Waals surface area contributed by atoms with Gasteiger partial charge in [-0.15, -0.1) is 0 Å². The van der Waals surface area contributed by atoms with Crippen LogP contribution in [-0.4, -0.2) is 34.4 Å². The van der Waals surface area contributed by atoms with Crippen LogP contribution in [0.15, 0.2) is 18.3 Å². The van der Waals surface area contributed by atoms with Crippen LogP contribution in [0.25, 0.3) is 5.65 Å². The largest absolute Gasteiger partial charge is 0.495 e. The molecule has 1 unspecified atom stereocenters. The summed E-state index contributed by atoms with van der Waals surface area (Å²) >= 11 is 0. The maximum atomic E-state index is 5.71. The van der Waals surface area contributed by atoms with Crippen LogP contribution in [0.1, 0.15) is 25.1 Å². The SMILES string of the molecule is COc1ccc2nc(CC3CCCCO3)nn2c1. The van der Waals surface area contributed by atoms with E-state index in [1.165, 1.54) is 12.8 Å². The fourth-order valence-electron chi connectivity index (χ4n) is 2.29. The van der Waals surface area contributed by atoms with Crippen LogP contribution in [0.2, 0.25) is 0 Å². The third-order valence-electron chi connectivity index (χ3n) is 3.27. The molecule has 0 radical (unpaired) electrons. The molecule has 0 spiro atoms. The first-order valence-corrected chi connectivity index (χ1v) is 6.36. The molecule has 1 aliphatic rings. The Bertz CT molecular complexity index is 532. The number of methoxy groups -OCH3 is 1. The minimum atomic E-state index is 0.276. The first-order valence-electron chi connectivity index (χ1n) is 6.36. The molecule has 18 heavy (non-hydrogen) atoms. The first-order chi connectivity index (χ1) is 8.85. The number of ether oxygens (including phenoxy) is 2. The molecule has 3 rings (SSSR count). The molecule has 5 heteroatoms. The van der Waals surface area contributed by atoms with Gasteiger partial charge in [0.25, 0.3) is 0 Å². The highest BCUT2D eigenvalue weighted by Crippen LogP contribution is 2.17. The average Bonchev–Trinajstić information content (AvgIpc) is 2.80. The van der Waals surface area contributed by atoms with E-state index in [-0.39, 0.29) is 6.10 Å². The summed E-state index contributed by atoms with van der Waals surface area (Å²) in [6.07, 6.45) is 6.44. The standard InChI is InChI=1S/C13H17N3O2/c1-17-11-5-6-13-14-12(15-16(13)9-11)8-10-4-2-3-7-18-10/h5-6,9-10H,2-4,7-8H2,1H3. The molecule has 0 bridgehead atoms. The minimum absolute atomic E-state index is 0.276. The van der Waals surface area contributed by atoms with Gasteiger partial charge in [-0.3, -0.25) is 0 Å². The van der Waals surface area contributed by atoms with E-state index in [0.717, 1.165) is 36.7 Å². The summed E-state index contributed by atoms with van der Waals surface area (Å²) < 4.78 is 12.6. The molecule has 0 aromatic carbocycles. The Morgan fingerprint density at radius 1 is 1.44 bits per heavy atom. The normalized spacial score (nSPS) is 20.2. The maximum Gasteiger partial charge on any atom is 0.155 e. The zero-order valence-corrected chi connectivity index (χ0v) is 10.5. The molecule has 3 heterocycles. The molecule has 96 valence electrons. The fourth-order valence-corrected chi connectivity index (χ4v) is 2.29. The topological polar surface area (TPSA) is 48.7 Å². The van der Waals surface area contributed by atoms with E-state index >= 15 is 0 Å². The van der Waals surface area contributed by atoms with Crippen molar-refractivity contribution in [1.82, 2.24) is 14.6 Å². The van der Waals surface area contributed by atoms with Gasteiger partial charge in [-0.05, 0) is 31.4 Å². The predicted molar refractivity (Wildman–Crippen MR) is 66.8 cm³/mol. The van der Waals surface area contributed by atoms with E-state index < -0.39 is 0 Å². The molecular formula is C13H17N3O2. The van der Waals surface area contributed by atoms with E-state index in [2.05, 4.69) is 10.1 Å². The van der Waals surface area contributed by atoms with Gasteiger partial charge in [0.2, 0.25) is 0 Å². The summed E-state index contributed by atoms with van der Waals surface area (Å²) in [6.45, 7) is 0.867. The van der Waals surface area contributed by atoms with Crippen molar-refractivity contribution in [2.45, 2.75) is 31.8 Å². The molecule has 5 nitrogen and oxygen atoms in total. The summed E-state index contributed by atoms with van der Waals surface area (Å²) in [6, 6.07) is 3.81. The number of pyridine rings is 1. The summed E-state index contributed by atoms with van der Waals surface area (Å²) in [7, 11) is 1.65. The van der Waals surface area contributed by atoms with Crippen molar-refractivity contribution in [3.8, 4) is 5.75 Å². The van der Waals surface area contributed by atoms with Crippen LogP contribution in [0.3, 0.4) is 0 Å². The second-order valence-corrected chi connectivity index (χ2v) is 4.59. The Labute approximate surface area is 106 Å². The zero-order valence-electron chi connectivity index (χ0n) is 10.5. The van der Waals surface area contributed by atoms with Crippen LogP contribution in [0.5, 0.6) is 5.75 Å². The van der Waals surface area contributed by atoms with E-state index in [0.29, 0.717) is 0 Å². The van der Waals surface area contributed by atoms with Gasteiger partial charge in [0.15, 0.2) is 11.5 Å².